The van der Waals surface area contributed by atoms with Crippen molar-refractivity contribution >= 4 is 23.2 Å². The molecule has 1 amide bonds. The molecule has 1 aromatic carbocycles. The fourth-order valence-electron chi connectivity index (χ4n) is 6.00. The van der Waals surface area contributed by atoms with Crippen LogP contribution < -0.4 is 5.73 Å². The third-order valence-electron chi connectivity index (χ3n) is 7.26. The van der Waals surface area contributed by atoms with Gasteiger partial charge < -0.3 is 31.1 Å². The second kappa shape index (κ2) is 8.41. The van der Waals surface area contributed by atoms with Crippen LogP contribution in [0.5, 0.6) is 5.75 Å². The van der Waals surface area contributed by atoms with E-state index in [0.29, 0.717) is 6.54 Å². The van der Waals surface area contributed by atoms with Crippen molar-refractivity contribution in [1.29, 1.82) is 0 Å². The second-order valence-corrected chi connectivity index (χ2v) is 11.4. The lowest BCUT2D eigenvalue weighted by Crippen LogP contribution is -2.58. The Hall–Kier alpha value is -3.24. The molecule has 6 N–H and O–H groups in total. The van der Waals surface area contributed by atoms with Gasteiger partial charge in [0.05, 0.1) is 5.56 Å². The summed E-state index contributed by atoms with van der Waals surface area (Å²) >= 11 is 0. The fourth-order valence-corrected chi connectivity index (χ4v) is 6.00. The minimum Gasteiger partial charge on any atom is -0.508 e. The van der Waals surface area contributed by atoms with Gasteiger partial charge in [-0.05, 0) is 37.3 Å². The summed E-state index contributed by atoms with van der Waals surface area (Å²) in [5.74, 6) is -7.94. The Labute approximate surface area is 207 Å². The minimum absolute atomic E-state index is 0.0392. The van der Waals surface area contributed by atoms with E-state index >= 15 is 4.39 Å². The maximum Gasteiger partial charge on any atom is 0.255 e. The molecule has 10 heteroatoms. The van der Waals surface area contributed by atoms with Crippen LogP contribution in [-0.2, 0) is 27.3 Å². The number of benzene rings is 1. The van der Waals surface area contributed by atoms with Gasteiger partial charge in [0.2, 0.25) is 5.78 Å². The number of primary amides is 1. The van der Waals surface area contributed by atoms with Crippen LogP contribution in [-0.4, -0.2) is 62.0 Å². The molecule has 4 rings (SSSR count). The molecule has 36 heavy (non-hydrogen) atoms. The normalized spacial score (nSPS) is 26.2. The van der Waals surface area contributed by atoms with E-state index in [9.17, 15) is 34.8 Å². The Kier molecular flexibility index (Phi) is 6.04. The van der Waals surface area contributed by atoms with Crippen molar-refractivity contribution in [3.8, 4) is 5.75 Å². The highest BCUT2D eigenvalue weighted by Crippen LogP contribution is 2.52. The molecule has 0 radical (unpaired) electrons. The van der Waals surface area contributed by atoms with E-state index in [1.807, 2.05) is 32.7 Å². The molecule has 1 aromatic rings. The first-order valence-corrected chi connectivity index (χ1v) is 11.8. The maximum absolute atomic E-state index is 15.7. The van der Waals surface area contributed by atoms with Crippen LogP contribution in [0.15, 0.2) is 23.0 Å². The number of amides is 1. The molecule has 0 heterocycles. The number of aromatic hydroxyl groups is 1. The molecule has 0 spiro atoms. The number of hydrogen-bond donors (Lipinski definition) is 5. The third-order valence-corrected chi connectivity index (χ3v) is 7.26. The summed E-state index contributed by atoms with van der Waals surface area (Å²) in [6, 6.07) is 1.21. The lowest BCUT2D eigenvalue weighted by Gasteiger charge is -2.46. The average Bonchev–Trinajstić information content (AvgIpc) is 2.72. The SMILES string of the molecule is CN(Cc1cc(O)c2c(c1F)CC1C[C@H]3CC(=O)C(C(N)=O)=C(O)[C@@]3(O)C(=O)C1=C2O)CC(C)(C)C. The van der Waals surface area contributed by atoms with Gasteiger partial charge >= 0.3 is 0 Å². The number of Topliss-reactive ketones (excluding diaryl/α,β-unsaturated/α-hetero) is 2. The molecule has 3 aliphatic rings. The Morgan fingerprint density at radius 2 is 1.86 bits per heavy atom. The van der Waals surface area contributed by atoms with E-state index in [1.165, 1.54) is 6.07 Å². The number of halogens is 1. The number of carbonyl (C=O) groups is 3. The van der Waals surface area contributed by atoms with Crippen molar-refractivity contribution < 1.29 is 39.2 Å². The van der Waals surface area contributed by atoms with Crippen molar-refractivity contribution in [3.63, 3.8) is 0 Å². The molecular formula is C26H31FN2O7. The monoisotopic (exact) mass is 502 g/mol. The Morgan fingerprint density at radius 1 is 1.22 bits per heavy atom. The van der Waals surface area contributed by atoms with Gasteiger partial charge in [-0.25, -0.2) is 4.39 Å². The summed E-state index contributed by atoms with van der Waals surface area (Å²) in [6.07, 6.45) is -0.533. The van der Waals surface area contributed by atoms with Crippen molar-refractivity contribution in [2.45, 2.75) is 52.2 Å². The number of carbonyl (C=O) groups excluding carboxylic acids is 3. The van der Waals surface area contributed by atoms with E-state index in [4.69, 9.17) is 5.73 Å². The van der Waals surface area contributed by atoms with Crippen LogP contribution >= 0.6 is 0 Å². The number of phenols is 1. The zero-order chi connectivity index (χ0) is 26.9. The molecule has 0 bridgehead atoms. The molecule has 9 nitrogen and oxygen atoms in total. The number of nitrogens with two attached hydrogens (primary N) is 1. The summed E-state index contributed by atoms with van der Waals surface area (Å²) in [5.41, 5.74) is 1.37. The number of aliphatic hydroxyl groups excluding tert-OH is 2. The smallest absolute Gasteiger partial charge is 0.255 e. The molecular weight excluding hydrogens is 471 g/mol. The van der Waals surface area contributed by atoms with E-state index in [2.05, 4.69) is 0 Å². The van der Waals surface area contributed by atoms with Gasteiger partial charge in [0, 0.05) is 42.1 Å². The molecule has 194 valence electrons. The van der Waals surface area contributed by atoms with E-state index < -0.39 is 70.0 Å². The quantitative estimate of drug-likeness (QED) is 0.391. The highest BCUT2D eigenvalue weighted by molar-refractivity contribution is 6.22. The number of rotatable bonds is 4. The molecule has 1 unspecified atom stereocenters. The predicted molar refractivity (Wildman–Crippen MR) is 127 cm³/mol. The number of ketones is 2. The minimum atomic E-state index is -2.64. The first-order valence-electron chi connectivity index (χ1n) is 11.8. The zero-order valence-corrected chi connectivity index (χ0v) is 20.7. The van der Waals surface area contributed by atoms with E-state index in [0.717, 1.165) is 0 Å². The van der Waals surface area contributed by atoms with Crippen LogP contribution in [0.3, 0.4) is 0 Å². The summed E-state index contributed by atoms with van der Waals surface area (Å²) in [4.78, 5) is 39.5. The van der Waals surface area contributed by atoms with Crippen molar-refractivity contribution in [2.75, 3.05) is 13.6 Å². The average molecular weight is 503 g/mol. The standard InChI is InChI=1S/C26H31FN2O7/c1-25(2,3)10-29(4)9-12-7-15(30)18-14(20(12)27)6-11-5-13-8-16(31)19(24(28)35)23(34)26(13,36)22(33)17(11)21(18)32/h7,11,13,30,32,34,36H,5-6,8-10H2,1-4H3,(H2,28,35)/t11?,13-,26-/m0/s1. The number of phenolic OH excluding ortho intramolecular Hbond substituents is 1. The Bertz CT molecular complexity index is 1260. The third kappa shape index (κ3) is 3.88. The first kappa shape index (κ1) is 25.8. The van der Waals surface area contributed by atoms with Crippen molar-refractivity contribution in [2.24, 2.45) is 23.0 Å². The molecule has 3 atom stereocenters. The summed E-state index contributed by atoms with van der Waals surface area (Å²) in [5, 5.41) is 43.6. The molecule has 0 saturated heterocycles. The maximum atomic E-state index is 15.7. The summed E-state index contributed by atoms with van der Waals surface area (Å²) in [7, 11) is 1.83. The number of aliphatic hydroxyl groups is 3. The molecule has 0 aromatic heterocycles. The van der Waals surface area contributed by atoms with Crippen LogP contribution in [0.2, 0.25) is 0 Å². The van der Waals surface area contributed by atoms with Crippen LogP contribution in [0.25, 0.3) is 5.76 Å². The number of nitrogens with zero attached hydrogens (tertiary/aromatic N) is 1. The lowest BCUT2D eigenvalue weighted by molar-refractivity contribution is -0.147. The molecule has 3 aliphatic carbocycles. The van der Waals surface area contributed by atoms with Gasteiger partial charge in [0.25, 0.3) is 5.91 Å². The van der Waals surface area contributed by atoms with E-state index in [1.54, 1.807) is 0 Å². The second-order valence-electron chi connectivity index (χ2n) is 11.4. The molecule has 1 saturated carbocycles. The van der Waals surface area contributed by atoms with Crippen molar-refractivity contribution in [3.05, 3.63) is 45.5 Å². The van der Waals surface area contributed by atoms with Crippen LogP contribution in [0.4, 0.5) is 4.39 Å². The van der Waals surface area contributed by atoms with E-state index in [-0.39, 0.29) is 47.1 Å². The predicted octanol–water partition coefficient (Wildman–Crippen LogP) is 2.04. The van der Waals surface area contributed by atoms with Gasteiger partial charge in [-0.3, -0.25) is 14.4 Å². The van der Waals surface area contributed by atoms with Gasteiger partial charge in [0.1, 0.15) is 28.7 Å². The Morgan fingerprint density at radius 3 is 2.44 bits per heavy atom. The highest BCUT2D eigenvalue weighted by atomic mass is 19.1. The van der Waals surface area contributed by atoms with Crippen LogP contribution in [0.1, 0.15) is 50.3 Å². The highest BCUT2D eigenvalue weighted by Gasteiger charge is 2.60. The summed E-state index contributed by atoms with van der Waals surface area (Å²) in [6.45, 7) is 7.01. The number of hydrogen-bond acceptors (Lipinski definition) is 8. The summed E-state index contributed by atoms with van der Waals surface area (Å²) < 4.78 is 15.7. The first-order chi connectivity index (χ1) is 16.6. The van der Waals surface area contributed by atoms with Crippen LogP contribution in [0, 0.1) is 23.1 Å². The number of fused-ring (bicyclic) bond motifs is 3. The topological polar surface area (TPSA) is 161 Å². The Balaban J connectivity index is 1.80. The van der Waals surface area contributed by atoms with Crippen molar-refractivity contribution in [1.82, 2.24) is 4.90 Å². The lowest BCUT2D eigenvalue weighted by atomic mass is 9.59. The van der Waals surface area contributed by atoms with Gasteiger partial charge in [-0.1, -0.05) is 20.8 Å². The largest absolute Gasteiger partial charge is 0.508 e. The van der Waals surface area contributed by atoms with Gasteiger partial charge in [-0.15, -0.1) is 0 Å². The zero-order valence-electron chi connectivity index (χ0n) is 20.7. The van der Waals surface area contributed by atoms with Gasteiger partial charge in [-0.2, -0.15) is 0 Å². The molecule has 1 fully saturated rings. The van der Waals surface area contributed by atoms with Gasteiger partial charge in [0.15, 0.2) is 11.4 Å². The fraction of sp³-hybridized carbons (Fsp3) is 0.500. The molecule has 0 aliphatic heterocycles.